The number of allylic oxidation sites excluding steroid dienone is 1. The highest BCUT2D eigenvalue weighted by Crippen LogP contribution is 2.36. The summed E-state index contributed by atoms with van der Waals surface area (Å²) in [5, 5.41) is 0. The molecule has 1 aliphatic heterocycles. The van der Waals surface area contributed by atoms with Crippen molar-refractivity contribution in [3.63, 3.8) is 0 Å². The molecule has 1 saturated heterocycles. The van der Waals surface area contributed by atoms with Crippen LogP contribution in [0.5, 0.6) is 0 Å². The van der Waals surface area contributed by atoms with E-state index in [9.17, 15) is 19.2 Å². The lowest BCUT2D eigenvalue weighted by Gasteiger charge is -2.28. The highest BCUT2D eigenvalue weighted by atomic mass is 16.6. The molecule has 1 heterocycles. The summed E-state index contributed by atoms with van der Waals surface area (Å²) in [5.74, 6) is -2.31. The predicted octanol–water partition coefficient (Wildman–Crippen LogP) is 2.84. The Bertz CT molecular complexity index is 746. The zero-order valence-corrected chi connectivity index (χ0v) is 17.1. The van der Waals surface area contributed by atoms with Gasteiger partial charge in [-0.2, -0.15) is 0 Å². The highest BCUT2D eigenvalue weighted by Gasteiger charge is 2.45. The molecule has 2 aliphatic rings. The van der Waals surface area contributed by atoms with Crippen LogP contribution in [0.3, 0.4) is 0 Å². The van der Waals surface area contributed by atoms with Crippen molar-refractivity contribution in [1.82, 2.24) is 0 Å². The maximum Gasteiger partial charge on any atom is 0.334 e. The largest absolute Gasteiger partial charge is 0.461 e. The fourth-order valence-electron chi connectivity index (χ4n) is 3.34. The molecular weight excluding hydrogens is 376 g/mol. The molecule has 0 bridgehead atoms. The van der Waals surface area contributed by atoms with Crippen LogP contribution < -0.4 is 0 Å². The lowest BCUT2D eigenvalue weighted by atomic mass is 9.85. The van der Waals surface area contributed by atoms with E-state index in [4.69, 9.17) is 14.2 Å². The molecule has 0 aromatic heterocycles. The van der Waals surface area contributed by atoms with Gasteiger partial charge >= 0.3 is 17.9 Å². The molecule has 0 aromatic rings. The van der Waals surface area contributed by atoms with E-state index in [2.05, 4.69) is 6.58 Å². The monoisotopic (exact) mass is 404 g/mol. The second kappa shape index (κ2) is 10.2. The van der Waals surface area contributed by atoms with Crippen LogP contribution >= 0.6 is 0 Å². The van der Waals surface area contributed by atoms with Crippen LogP contribution in [0.15, 0.2) is 35.5 Å². The van der Waals surface area contributed by atoms with Crippen molar-refractivity contribution in [1.29, 1.82) is 0 Å². The van der Waals surface area contributed by atoms with Gasteiger partial charge in [0.25, 0.3) is 0 Å². The standard InChI is InChI=1S/C22H28O7/c1-5-13(2)21(25)28-18-9-16(11-23)7-6-8-17(12-27-15(4)24)10-19-20(18)14(3)22(26)29-19/h7,10-11,13,18-20H,3,5-6,8-9,12H2,1-2,4H3/b16-7-,17-10-/t13-,18+,19-,20+/m1/s1. The van der Waals surface area contributed by atoms with E-state index >= 15 is 0 Å². The Morgan fingerprint density at radius 2 is 2.14 bits per heavy atom. The molecule has 29 heavy (non-hydrogen) atoms. The third-order valence-corrected chi connectivity index (χ3v) is 5.27. The summed E-state index contributed by atoms with van der Waals surface area (Å²) in [6.07, 6.45) is 4.65. The first-order valence-electron chi connectivity index (χ1n) is 9.84. The summed E-state index contributed by atoms with van der Waals surface area (Å²) < 4.78 is 16.3. The Hall–Kier alpha value is -2.70. The lowest BCUT2D eigenvalue weighted by Crippen LogP contribution is -2.35. The van der Waals surface area contributed by atoms with E-state index in [0.717, 1.165) is 11.9 Å². The molecule has 0 saturated carbocycles. The number of carbonyl (C=O) groups is 4. The second-order valence-corrected chi connectivity index (χ2v) is 7.45. The molecule has 7 nitrogen and oxygen atoms in total. The lowest BCUT2D eigenvalue weighted by molar-refractivity contribution is -0.156. The minimum absolute atomic E-state index is 0.0597. The third-order valence-electron chi connectivity index (χ3n) is 5.27. The summed E-state index contributed by atoms with van der Waals surface area (Å²) in [7, 11) is 0. The van der Waals surface area contributed by atoms with Crippen molar-refractivity contribution in [2.45, 2.75) is 58.7 Å². The van der Waals surface area contributed by atoms with Gasteiger partial charge in [0, 0.05) is 18.9 Å². The van der Waals surface area contributed by atoms with E-state index < -0.39 is 36.0 Å². The summed E-state index contributed by atoms with van der Waals surface area (Å²) in [4.78, 5) is 47.4. The molecule has 2 rings (SSSR count). The summed E-state index contributed by atoms with van der Waals surface area (Å²) in [6, 6.07) is 0. The van der Waals surface area contributed by atoms with Gasteiger partial charge < -0.3 is 14.2 Å². The predicted molar refractivity (Wildman–Crippen MR) is 105 cm³/mol. The first-order valence-corrected chi connectivity index (χ1v) is 9.84. The summed E-state index contributed by atoms with van der Waals surface area (Å²) in [5.41, 5.74) is 1.44. The molecule has 7 heteroatoms. The SMILES string of the molecule is C=C1C(=O)O[C@@H]2/C=C(\COC(C)=O)CC/C=C(\C=O)C[C@H](OC(=O)[C@H](C)CC)[C@H]12. The first kappa shape index (κ1) is 22.6. The fraction of sp³-hybridized carbons (Fsp3) is 0.545. The van der Waals surface area contributed by atoms with Crippen LogP contribution in [0, 0.1) is 11.8 Å². The van der Waals surface area contributed by atoms with E-state index in [0.29, 0.717) is 24.8 Å². The van der Waals surface area contributed by atoms with Crippen LogP contribution in [-0.4, -0.2) is 43.0 Å². The van der Waals surface area contributed by atoms with E-state index in [1.807, 2.05) is 6.92 Å². The molecule has 0 spiro atoms. The Morgan fingerprint density at radius 1 is 1.41 bits per heavy atom. The van der Waals surface area contributed by atoms with E-state index in [1.54, 1.807) is 19.1 Å². The van der Waals surface area contributed by atoms with Crippen LogP contribution in [0.4, 0.5) is 0 Å². The molecule has 158 valence electrons. The zero-order chi connectivity index (χ0) is 21.6. The fourth-order valence-corrected chi connectivity index (χ4v) is 3.34. The first-order chi connectivity index (χ1) is 13.8. The Balaban J connectivity index is 2.41. The molecule has 0 radical (unpaired) electrons. The van der Waals surface area contributed by atoms with Gasteiger partial charge in [-0.3, -0.25) is 14.4 Å². The van der Waals surface area contributed by atoms with Crippen molar-refractivity contribution < 1.29 is 33.4 Å². The van der Waals surface area contributed by atoms with Gasteiger partial charge in [0.15, 0.2) is 0 Å². The Morgan fingerprint density at radius 3 is 2.76 bits per heavy atom. The smallest absolute Gasteiger partial charge is 0.334 e. The summed E-state index contributed by atoms with van der Waals surface area (Å²) >= 11 is 0. The van der Waals surface area contributed by atoms with Gasteiger partial charge in [0.1, 0.15) is 25.1 Å². The molecule has 0 N–H and O–H groups in total. The quantitative estimate of drug-likeness (QED) is 0.221. The Kier molecular flexibility index (Phi) is 7.93. The molecular formula is C22H28O7. The van der Waals surface area contributed by atoms with Crippen LogP contribution in [0.2, 0.25) is 0 Å². The number of ether oxygens (including phenoxy) is 3. The molecule has 0 aromatic carbocycles. The maximum absolute atomic E-state index is 12.4. The maximum atomic E-state index is 12.4. The van der Waals surface area contributed by atoms with Gasteiger partial charge in [-0.25, -0.2) is 4.79 Å². The van der Waals surface area contributed by atoms with E-state index in [-0.39, 0.29) is 24.5 Å². The number of rotatable bonds is 6. The number of aldehydes is 1. The van der Waals surface area contributed by atoms with Gasteiger partial charge in [-0.1, -0.05) is 26.5 Å². The van der Waals surface area contributed by atoms with E-state index in [1.165, 1.54) is 6.92 Å². The number of hydrogen-bond acceptors (Lipinski definition) is 7. The highest BCUT2D eigenvalue weighted by molar-refractivity contribution is 5.91. The van der Waals surface area contributed by atoms with Crippen molar-refractivity contribution in [3.05, 3.63) is 35.5 Å². The molecule has 1 aliphatic carbocycles. The molecule has 1 fully saturated rings. The molecule has 0 unspecified atom stereocenters. The van der Waals surface area contributed by atoms with Crippen molar-refractivity contribution in [3.8, 4) is 0 Å². The van der Waals surface area contributed by atoms with Gasteiger partial charge in [0.05, 0.1) is 11.8 Å². The number of hydrogen-bond donors (Lipinski definition) is 0. The number of carbonyl (C=O) groups excluding carboxylic acids is 4. The average molecular weight is 404 g/mol. The van der Waals surface area contributed by atoms with Crippen molar-refractivity contribution in [2.24, 2.45) is 11.8 Å². The normalized spacial score (nSPS) is 29.3. The minimum Gasteiger partial charge on any atom is -0.461 e. The molecule has 4 atom stereocenters. The summed E-state index contributed by atoms with van der Waals surface area (Å²) in [6.45, 7) is 8.85. The minimum atomic E-state index is -0.763. The average Bonchev–Trinajstić information content (AvgIpc) is 2.96. The van der Waals surface area contributed by atoms with Crippen LogP contribution in [0.25, 0.3) is 0 Å². The Labute approximate surface area is 170 Å². The van der Waals surface area contributed by atoms with Crippen molar-refractivity contribution in [2.75, 3.05) is 6.61 Å². The topological polar surface area (TPSA) is 96.0 Å². The zero-order valence-electron chi connectivity index (χ0n) is 17.1. The van der Waals surface area contributed by atoms with Gasteiger partial charge in [-0.05, 0) is 36.5 Å². The number of esters is 3. The van der Waals surface area contributed by atoms with Crippen LogP contribution in [-0.2, 0) is 33.4 Å². The van der Waals surface area contributed by atoms with Gasteiger partial charge in [0.2, 0.25) is 0 Å². The third kappa shape index (κ3) is 5.89. The van der Waals surface area contributed by atoms with Gasteiger partial charge in [-0.15, -0.1) is 0 Å². The number of fused-ring (bicyclic) bond motifs is 1. The van der Waals surface area contributed by atoms with Crippen molar-refractivity contribution >= 4 is 24.2 Å². The van der Waals surface area contributed by atoms with Crippen LogP contribution in [0.1, 0.15) is 46.5 Å². The molecule has 0 amide bonds. The second-order valence-electron chi connectivity index (χ2n) is 7.45.